The van der Waals surface area contributed by atoms with E-state index in [-0.39, 0.29) is 5.84 Å². The minimum atomic E-state index is -1.35. The highest BCUT2D eigenvalue weighted by molar-refractivity contribution is 5.95. The molecular formula is C20H26N4O3. The predicted octanol–water partition coefficient (Wildman–Crippen LogP) is 3.21. The molecule has 0 radical (unpaired) electrons. The molecular weight excluding hydrogens is 344 g/mol. The number of benzene rings is 2. The summed E-state index contributed by atoms with van der Waals surface area (Å²) in [7, 11) is 0. The van der Waals surface area contributed by atoms with Crippen molar-refractivity contribution < 1.29 is 14.6 Å². The van der Waals surface area contributed by atoms with Gasteiger partial charge in [0.25, 0.3) is 0 Å². The van der Waals surface area contributed by atoms with Crippen molar-refractivity contribution in [3.63, 3.8) is 0 Å². The van der Waals surface area contributed by atoms with Crippen LogP contribution in [0.25, 0.3) is 0 Å². The van der Waals surface area contributed by atoms with Gasteiger partial charge >= 0.3 is 5.97 Å². The van der Waals surface area contributed by atoms with Gasteiger partial charge in [-0.25, -0.2) is 4.79 Å². The van der Waals surface area contributed by atoms with Gasteiger partial charge in [-0.3, -0.25) is 5.41 Å². The average Bonchev–Trinajstić information content (AvgIpc) is 2.63. The Morgan fingerprint density at radius 1 is 1.22 bits per heavy atom. The molecule has 2 rings (SSSR count). The molecule has 0 amide bonds. The third-order valence-electron chi connectivity index (χ3n) is 4.24. The largest absolute Gasteiger partial charge is 0.492 e. The van der Waals surface area contributed by atoms with Crippen LogP contribution in [0.4, 0.5) is 11.4 Å². The van der Waals surface area contributed by atoms with Crippen LogP contribution in [0.1, 0.15) is 31.9 Å². The van der Waals surface area contributed by atoms with Crippen LogP contribution < -0.4 is 21.1 Å². The monoisotopic (exact) mass is 370 g/mol. The Kier molecular flexibility index (Phi) is 6.28. The number of hydrogen-bond acceptors (Lipinski definition) is 5. The summed E-state index contributed by atoms with van der Waals surface area (Å²) in [5, 5.41) is 23.7. The van der Waals surface area contributed by atoms with E-state index in [1.165, 1.54) is 0 Å². The lowest BCUT2D eigenvalue weighted by atomic mass is 9.91. The zero-order valence-corrected chi connectivity index (χ0v) is 15.8. The number of anilines is 2. The number of carboxylic acid groups (broad SMARTS) is 1. The Bertz CT molecular complexity index is 820. The van der Waals surface area contributed by atoms with E-state index in [1.807, 2.05) is 13.8 Å². The van der Waals surface area contributed by atoms with Crippen LogP contribution in [0.3, 0.4) is 0 Å². The molecule has 0 saturated heterocycles. The molecule has 0 aliphatic carbocycles. The van der Waals surface area contributed by atoms with E-state index in [0.717, 1.165) is 5.69 Å². The fraction of sp³-hybridized carbons (Fsp3) is 0.300. The van der Waals surface area contributed by atoms with E-state index in [1.54, 1.807) is 49.4 Å². The number of aliphatic carboxylic acids is 1. The van der Waals surface area contributed by atoms with E-state index in [9.17, 15) is 9.90 Å². The number of hydrogen-bond donors (Lipinski definition) is 5. The molecule has 0 spiro atoms. The minimum Gasteiger partial charge on any atom is -0.492 e. The Labute approximate surface area is 159 Å². The van der Waals surface area contributed by atoms with Gasteiger partial charge < -0.3 is 26.2 Å². The maximum Gasteiger partial charge on any atom is 0.333 e. The number of nitrogens with one attached hydrogen (secondary N) is 3. The van der Waals surface area contributed by atoms with E-state index in [4.69, 9.17) is 15.9 Å². The quantitative estimate of drug-likeness (QED) is 0.341. The van der Waals surface area contributed by atoms with Crippen molar-refractivity contribution in [1.82, 2.24) is 0 Å². The van der Waals surface area contributed by atoms with E-state index in [2.05, 4.69) is 10.6 Å². The van der Waals surface area contributed by atoms with Gasteiger partial charge in [-0.1, -0.05) is 6.07 Å². The molecule has 1 atom stereocenters. The molecule has 7 nitrogen and oxygen atoms in total. The highest BCUT2D eigenvalue weighted by Gasteiger charge is 2.36. The second-order valence-corrected chi connectivity index (χ2v) is 6.22. The number of amidine groups is 1. The van der Waals surface area contributed by atoms with Crippen LogP contribution in [-0.4, -0.2) is 30.1 Å². The number of nitrogens with two attached hydrogens (primary N) is 1. The van der Waals surface area contributed by atoms with Crippen molar-refractivity contribution >= 4 is 23.2 Å². The SMILES string of the molecule is CCNc1cc(C(C)(Nc2ccc(C(=N)N)cc2)C(=O)O)ccc1OCC. The fourth-order valence-electron chi connectivity index (χ4n) is 2.72. The van der Waals surface area contributed by atoms with Crippen LogP contribution in [0.15, 0.2) is 42.5 Å². The third-order valence-corrected chi connectivity index (χ3v) is 4.24. The Balaban J connectivity index is 2.41. The zero-order chi connectivity index (χ0) is 20.0. The number of nitrogen functional groups attached to an aromatic ring is 1. The van der Waals surface area contributed by atoms with E-state index < -0.39 is 11.5 Å². The van der Waals surface area contributed by atoms with Gasteiger partial charge in [-0.2, -0.15) is 0 Å². The first-order valence-corrected chi connectivity index (χ1v) is 8.79. The number of ether oxygens (including phenoxy) is 1. The summed E-state index contributed by atoms with van der Waals surface area (Å²) in [5.41, 5.74) is 6.64. The second-order valence-electron chi connectivity index (χ2n) is 6.22. The van der Waals surface area contributed by atoms with Crippen LogP contribution in [-0.2, 0) is 10.3 Å². The molecule has 0 saturated carbocycles. The fourth-order valence-corrected chi connectivity index (χ4v) is 2.72. The maximum absolute atomic E-state index is 12.1. The van der Waals surface area contributed by atoms with Crippen LogP contribution in [0, 0.1) is 5.41 Å². The summed E-state index contributed by atoms with van der Waals surface area (Å²) in [6.45, 7) is 6.69. The summed E-state index contributed by atoms with van der Waals surface area (Å²) in [6.07, 6.45) is 0. The molecule has 0 aliphatic rings. The third kappa shape index (κ3) is 4.49. The van der Waals surface area contributed by atoms with Crippen molar-refractivity contribution in [2.45, 2.75) is 26.3 Å². The summed E-state index contributed by atoms with van der Waals surface area (Å²) in [6, 6.07) is 12.1. The van der Waals surface area contributed by atoms with Crippen molar-refractivity contribution in [1.29, 1.82) is 5.41 Å². The van der Waals surface area contributed by atoms with Crippen molar-refractivity contribution in [2.75, 3.05) is 23.8 Å². The standard InChI is InChI=1S/C20H26N4O3/c1-4-23-16-12-14(8-11-17(16)27-5-2)20(3,19(25)26)24-15-9-6-13(7-10-15)18(21)22/h6-12,23-24H,4-5H2,1-3H3,(H3,21,22)(H,25,26). The molecule has 7 heteroatoms. The Morgan fingerprint density at radius 3 is 2.41 bits per heavy atom. The van der Waals surface area contributed by atoms with Crippen LogP contribution in [0.5, 0.6) is 5.75 Å². The molecule has 0 bridgehead atoms. The topological polar surface area (TPSA) is 120 Å². The van der Waals surface area contributed by atoms with Gasteiger partial charge in [0.1, 0.15) is 11.6 Å². The van der Waals surface area contributed by atoms with Crippen molar-refractivity contribution in [3.8, 4) is 5.75 Å². The first-order chi connectivity index (χ1) is 12.8. The Hall–Kier alpha value is -3.22. The molecule has 0 heterocycles. The molecule has 2 aromatic rings. The van der Waals surface area contributed by atoms with E-state index in [0.29, 0.717) is 35.7 Å². The first-order valence-electron chi connectivity index (χ1n) is 8.79. The van der Waals surface area contributed by atoms with Crippen molar-refractivity contribution in [3.05, 3.63) is 53.6 Å². The van der Waals surface area contributed by atoms with Crippen LogP contribution >= 0.6 is 0 Å². The normalized spacial score (nSPS) is 12.7. The van der Waals surface area contributed by atoms with E-state index >= 15 is 0 Å². The molecule has 6 N–H and O–H groups in total. The molecule has 1 unspecified atom stereocenters. The summed E-state index contributed by atoms with van der Waals surface area (Å²) in [5.74, 6) is -0.365. The molecule has 0 fully saturated rings. The summed E-state index contributed by atoms with van der Waals surface area (Å²) >= 11 is 0. The lowest BCUT2D eigenvalue weighted by Crippen LogP contribution is -2.40. The average molecular weight is 370 g/mol. The molecule has 0 aliphatic heterocycles. The van der Waals surface area contributed by atoms with Crippen molar-refractivity contribution in [2.24, 2.45) is 5.73 Å². The highest BCUT2D eigenvalue weighted by atomic mass is 16.5. The van der Waals surface area contributed by atoms with Gasteiger partial charge in [0.2, 0.25) is 0 Å². The van der Waals surface area contributed by atoms with Gasteiger partial charge in [-0.15, -0.1) is 0 Å². The number of carbonyl (C=O) groups is 1. The summed E-state index contributed by atoms with van der Waals surface area (Å²) < 4.78 is 5.61. The van der Waals surface area contributed by atoms with Gasteiger partial charge in [0.15, 0.2) is 5.54 Å². The zero-order valence-electron chi connectivity index (χ0n) is 15.8. The van der Waals surface area contributed by atoms with Gasteiger partial charge in [-0.05, 0) is 62.7 Å². The number of rotatable bonds is 9. The molecule has 27 heavy (non-hydrogen) atoms. The molecule has 144 valence electrons. The predicted molar refractivity (Wildman–Crippen MR) is 108 cm³/mol. The van der Waals surface area contributed by atoms with Crippen LogP contribution in [0.2, 0.25) is 0 Å². The second kappa shape index (κ2) is 8.44. The smallest absolute Gasteiger partial charge is 0.333 e. The summed E-state index contributed by atoms with van der Waals surface area (Å²) in [4.78, 5) is 12.1. The number of carboxylic acids is 1. The molecule has 0 aromatic heterocycles. The van der Waals surface area contributed by atoms with Gasteiger partial charge in [0.05, 0.1) is 12.3 Å². The Morgan fingerprint density at radius 2 is 1.89 bits per heavy atom. The van der Waals surface area contributed by atoms with Gasteiger partial charge in [0, 0.05) is 17.8 Å². The highest BCUT2D eigenvalue weighted by Crippen LogP contribution is 2.33. The minimum absolute atomic E-state index is 0.0376. The first kappa shape index (κ1) is 20.1. The lowest BCUT2D eigenvalue weighted by molar-refractivity contribution is -0.142. The maximum atomic E-state index is 12.1. The molecule has 2 aromatic carbocycles. The lowest BCUT2D eigenvalue weighted by Gasteiger charge is -2.29.